The van der Waals surface area contributed by atoms with E-state index in [2.05, 4.69) is 15.0 Å². The van der Waals surface area contributed by atoms with Crippen molar-refractivity contribution in [2.75, 3.05) is 6.61 Å². The highest BCUT2D eigenvalue weighted by atomic mass is 16.6. The Kier molecular flexibility index (Phi) is 3.73. The Morgan fingerprint density at radius 3 is 2.58 bits per heavy atom. The molecule has 3 N–H and O–H groups in total. The van der Waals surface area contributed by atoms with E-state index in [1.165, 1.54) is 6.33 Å². The standard InChI is InChI=1S/C16H16N4O4/c21-7-11-12(22)13(23)16(24-11)20-8-18-10-6-17-14(19-15(10)20)9-4-2-1-3-5-9/h1-6,8,11-13,16,21-23H,7H2/t11-,12-,13-,16-/m1/s1. The van der Waals surface area contributed by atoms with E-state index in [9.17, 15) is 15.3 Å². The van der Waals surface area contributed by atoms with E-state index in [-0.39, 0.29) is 6.61 Å². The van der Waals surface area contributed by atoms with Crippen molar-refractivity contribution in [1.29, 1.82) is 0 Å². The number of rotatable bonds is 3. The highest BCUT2D eigenvalue weighted by Crippen LogP contribution is 2.31. The van der Waals surface area contributed by atoms with Crippen LogP contribution >= 0.6 is 0 Å². The largest absolute Gasteiger partial charge is 0.394 e. The maximum Gasteiger partial charge on any atom is 0.166 e. The fourth-order valence-corrected chi connectivity index (χ4v) is 2.85. The number of fused-ring (bicyclic) bond motifs is 1. The lowest BCUT2D eigenvalue weighted by Gasteiger charge is -2.16. The van der Waals surface area contributed by atoms with E-state index < -0.39 is 24.5 Å². The molecule has 4 rings (SSSR count). The van der Waals surface area contributed by atoms with Gasteiger partial charge in [-0.05, 0) is 0 Å². The van der Waals surface area contributed by atoms with Crippen LogP contribution in [0.1, 0.15) is 6.23 Å². The maximum absolute atomic E-state index is 10.2. The van der Waals surface area contributed by atoms with Crippen molar-refractivity contribution >= 4 is 11.2 Å². The number of hydrogen-bond acceptors (Lipinski definition) is 7. The summed E-state index contributed by atoms with van der Waals surface area (Å²) < 4.78 is 7.09. The second-order valence-electron chi connectivity index (χ2n) is 5.65. The molecule has 8 nitrogen and oxygen atoms in total. The number of aliphatic hydroxyl groups excluding tert-OH is 3. The first-order chi connectivity index (χ1) is 11.7. The van der Waals surface area contributed by atoms with Crippen LogP contribution < -0.4 is 0 Å². The number of imidazole rings is 1. The number of ether oxygens (including phenoxy) is 1. The lowest BCUT2D eigenvalue weighted by molar-refractivity contribution is -0.0511. The highest BCUT2D eigenvalue weighted by molar-refractivity contribution is 5.72. The molecular formula is C16H16N4O4. The zero-order valence-corrected chi connectivity index (χ0v) is 12.6. The molecule has 0 unspecified atom stereocenters. The van der Waals surface area contributed by atoms with Crippen LogP contribution in [0.5, 0.6) is 0 Å². The summed E-state index contributed by atoms with van der Waals surface area (Å²) in [5.74, 6) is 0.525. The fraction of sp³-hybridized carbons (Fsp3) is 0.312. The number of nitrogens with zero attached hydrogens (tertiary/aromatic N) is 4. The van der Waals surface area contributed by atoms with E-state index >= 15 is 0 Å². The molecule has 0 bridgehead atoms. The van der Waals surface area contributed by atoms with Gasteiger partial charge in [-0.15, -0.1) is 0 Å². The minimum atomic E-state index is -1.19. The summed E-state index contributed by atoms with van der Waals surface area (Å²) in [5, 5.41) is 29.4. The minimum absolute atomic E-state index is 0.383. The molecule has 124 valence electrons. The number of aromatic nitrogens is 4. The third-order valence-electron chi connectivity index (χ3n) is 4.14. The Labute approximate surface area is 137 Å². The Morgan fingerprint density at radius 1 is 1.08 bits per heavy atom. The van der Waals surface area contributed by atoms with Crippen molar-refractivity contribution in [2.45, 2.75) is 24.5 Å². The van der Waals surface area contributed by atoms with Gasteiger partial charge in [0.2, 0.25) is 0 Å². The molecule has 0 saturated carbocycles. The van der Waals surface area contributed by atoms with Gasteiger partial charge in [-0.1, -0.05) is 30.3 Å². The van der Waals surface area contributed by atoms with Crippen molar-refractivity contribution in [3.05, 3.63) is 42.9 Å². The van der Waals surface area contributed by atoms with Crippen LogP contribution in [-0.4, -0.2) is 59.8 Å². The van der Waals surface area contributed by atoms with E-state index in [1.807, 2.05) is 30.3 Å². The molecule has 3 heterocycles. The zero-order valence-electron chi connectivity index (χ0n) is 12.6. The maximum atomic E-state index is 10.2. The lowest BCUT2D eigenvalue weighted by Crippen LogP contribution is -2.33. The Hall–Kier alpha value is -2.39. The topological polar surface area (TPSA) is 114 Å². The molecule has 4 atom stereocenters. The van der Waals surface area contributed by atoms with E-state index in [1.54, 1.807) is 10.8 Å². The second-order valence-corrected chi connectivity index (χ2v) is 5.65. The molecular weight excluding hydrogens is 312 g/mol. The third-order valence-corrected chi connectivity index (χ3v) is 4.14. The monoisotopic (exact) mass is 328 g/mol. The van der Waals surface area contributed by atoms with Gasteiger partial charge in [0.25, 0.3) is 0 Å². The second kappa shape index (κ2) is 5.91. The molecule has 24 heavy (non-hydrogen) atoms. The van der Waals surface area contributed by atoms with Crippen molar-refractivity contribution in [2.24, 2.45) is 0 Å². The van der Waals surface area contributed by atoms with Crippen LogP contribution in [-0.2, 0) is 4.74 Å². The first-order valence-corrected chi connectivity index (χ1v) is 7.56. The summed E-state index contributed by atoms with van der Waals surface area (Å²) >= 11 is 0. The molecule has 8 heteroatoms. The van der Waals surface area contributed by atoms with Gasteiger partial charge < -0.3 is 20.1 Å². The average Bonchev–Trinajstić information content (AvgIpc) is 3.17. The quantitative estimate of drug-likeness (QED) is 0.625. The number of benzene rings is 1. The van der Waals surface area contributed by atoms with E-state index in [0.29, 0.717) is 17.0 Å². The highest BCUT2D eigenvalue weighted by Gasteiger charge is 2.43. The van der Waals surface area contributed by atoms with Gasteiger partial charge in [0.05, 0.1) is 19.1 Å². The van der Waals surface area contributed by atoms with Gasteiger partial charge in [0, 0.05) is 5.56 Å². The smallest absolute Gasteiger partial charge is 0.166 e. The van der Waals surface area contributed by atoms with Crippen LogP contribution in [0.25, 0.3) is 22.6 Å². The molecule has 3 aromatic rings. The van der Waals surface area contributed by atoms with Gasteiger partial charge in [-0.25, -0.2) is 15.0 Å². The first-order valence-electron chi connectivity index (χ1n) is 7.56. The van der Waals surface area contributed by atoms with Gasteiger partial charge >= 0.3 is 0 Å². The summed E-state index contributed by atoms with van der Waals surface area (Å²) in [6, 6.07) is 9.49. The van der Waals surface area contributed by atoms with Crippen molar-refractivity contribution in [3.63, 3.8) is 0 Å². The number of hydrogen-bond donors (Lipinski definition) is 3. The van der Waals surface area contributed by atoms with Crippen molar-refractivity contribution < 1.29 is 20.1 Å². The molecule has 2 aromatic heterocycles. The fourth-order valence-electron chi connectivity index (χ4n) is 2.85. The predicted octanol–water partition coefficient (Wildman–Crippen LogP) is 0.105. The Balaban J connectivity index is 1.77. The van der Waals surface area contributed by atoms with Gasteiger partial charge in [0.1, 0.15) is 23.8 Å². The molecule has 0 spiro atoms. The SMILES string of the molecule is OC[C@H]1O[C@@H](n2cnc3cnc(-c4ccccc4)nc32)[C@H](O)[C@@H]1O. The zero-order chi connectivity index (χ0) is 16.7. The van der Waals surface area contributed by atoms with Crippen molar-refractivity contribution in [1.82, 2.24) is 19.5 Å². The predicted molar refractivity (Wildman–Crippen MR) is 83.8 cm³/mol. The van der Waals surface area contributed by atoms with Crippen LogP contribution in [0, 0.1) is 0 Å². The van der Waals surface area contributed by atoms with Gasteiger partial charge in [-0.3, -0.25) is 4.57 Å². The van der Waals surface area contributed by atoms with Gasteiger partial charge in [0.15, 0.2) is 17.7 Å². The molecule has 1 fully saturated rings. The normalized spacial score (nSPS) is 27.0. The summed E-state index contributed by atoms with van der Waals surface area (Å²) in [7, 11) is 0. The first kappa shape index (κ1) is 15.2. The molecule has 0 aliphatic carbocycles. The molecule has 1 saturated heterocycles. The van der Waals surface area contributed by atoms with Gasteiger partial charge in [-0.2, -0.15) is 0 Å². The van der Waals surface area contributed by atoms with Crippen LogP contribution in [0.4, 0.5) is 0 Å². The average molecular weight is 328 g/mol. The lowest BCUT2D eigenvalue weighted by atomic mass is 10.1. The molecule has 0 amide bonds. The molecule has 0 radical (unpaired) electrons. The Morgan fingerprint density at radius 2 is 1.88 bits per heavy atom. The molecule has 1 aliphatic heterocycles. The number of aliphatic hydroxyl groups is 3. The van der Waals surface area contributed by atoms with E-state index in [4.69, 9.17) is 4.74 Å². The van der Waals surface area contributed by atoms with Crippen molar-refractivity contribution in [3.8, 4) is 11.4 Å². The third kappa shape index (κ3) is 2.36. The van der Waals surface area contributed by atoms with Crippen LogP contribution in [0.2, 0.25) is 0 Å². The Bertz CT molecular complexity index is 854. The van der Waals surface area contributed by atoms with Crippen LogP contribution in [0.15, 0.2) is 42.9 Å². The molecule has 1 aliphatic rings. The van der Waals surface area contributed by atoms with Crippen LogP contribution in [0.3, 0.4) is 0 Å². The summed E-state index contributed by atoms with van der Waals surface area (Å²) in [5.41, 5.74) is 1.89. The van der Waals surface area contributed by atoms with E-state index in [0.717, 1.165) is 5.56 Å². The molecule has 1 aromatic carbocycles. The summed E-state index contributed by atoms with van der Waals surface area (Å²) in [6.07, 6.45) is -1.00. The summed E-state index contributed by atoms with van der Waals surface area (Å²) in [4.78, 5) is 13.0. The summed E-state index contributed by atoms with van der Waals surface area (Å²) in [6.45, 7) is -0.383. The minimum Gasteiger partial charge on any atom is -0.394 e.